The van der Waals surface area contributed by atoms with E-state index in [1.165, 1.54) is 20.8 Å². The summed E-state index contributed by atoms with van der Waals surface area (Å²) in [5.74, 6) is 0.210. The SMILES string of the molecule is N#CCn1c(COC(=O)c2cc(-c3ccco3)nc3ccccc23)nc2sc3c(c2c1=O)CCCC3. The maximum atomic E-state index is 13.4. The Balaban J connectivity index is 1.38. The number of fused-ring (bicyclic) bond motifs is 4. The molecule has 0 unspecified atom stereocenters. The maximum absolute atomic E-state index is 13.4. The molecule has 1 aliphatic rings. The summed E-state index contributed by atoms with van der Waals surface area (Å²) in [5.41, 5.74) is 2.28. The number of nitrogens with zero attached hydrogens (tertiary/aromatic N) is 4. The number of thiophene rings is 1. The highest BCUT2D eigenvalue weighted by atomic mass is 32.1. The van der Waals surface area contributed by atoms with E-state index in [4.69, 9.17) is 9.15 Å². The summed E-state index contributed by atoms with van der Waals surface area (Å²) >= 11 is 1.52. The molecule has 0 amide bonds. The van der Waals surface area contributed by atoms with E-state index in [1.54, 1.807) is 30.5 Å². The van der Waals surface area contributed by atoms with Crippen LogP contribution in [0.25, 0.3) is 32.6 Å². The molecule has 0 spiro atoms. The molecule has 4 aromatic heterocycles. The quantitative estimate of drug-likeness (QED) is 0.314. The molecule has 0 N–H and O–H groups in total. The number of esters is 1. The van der Waals surface area contributed by atoms with Crippen molar-refractivity contribution in [1.82, 2.24) is 14.5 Å². The molecule has 5 aromatic rings. The molecule has 36 heavy (non-hydrogen) atoms. The zero-order valence-electron chi connectivity index (χ0n) is 19.2. The molecule has 0 bridgehead atoms. The number of aryl methyl sites for hydroxylation is 2. The van der Waals surface area contributed by atoms with E-state index >= 15 is 0 Å². The minimum atomic E-state index is -0.579. The highest BCUT2D eigenvalue weighted by Gasteiger charge is 2.23. The highest BCUT2D eigenvalue weighted by Crippen LogP contribution is 2.34. The summed E-state index contributed by atoms with van der Waals surface area (Å²) in [6.45, 7) is -0.402. The van der Waals surface area contributed by atoms with Gasteiger partial charge in [-0.25, -0.2) is 14.8 Å². The minimum absolute atomic E-state index is 0.167. The first-order valence-electron chi connectivity index (χ1n) is 11.7. The van der Waals surface area contributed by atoms with Crippen LogP contribution in [0.4, 0.5) is 0 Å². The van der Waals surface area contributed by atoms with Gasteiger partial charge in [-0.15, -0.1) is 11.3 Å². The third-order valence-corrected chi connectivity index (χ3v) is 7.61. The number of hydrogen-bond donors (Lipinski definition) is 0. The molecule has 4 heterocycles. The molecule has 0 saturated carbocycles. The normalized spacial score (nSPS) is 13.0. The Kier molecular flexibility index (Phi) is 5.58. The zero-order chi connectivity index (χ0) is 24.6. The van der Waals surface area contributed by atoms with Gasteiger partial charge in [-0.1, -0.05) is 18.2 Å². The van der Waals surface area contributed by atoms with Crippen molar-refractivity contribution in [2.45, 2.75) is 38.8 Å². The minimum Gasteiger partial charge on any atom is -0.463 e. The van der Waals surface area contributed by atoms with Gasteiger partial charge >= 0.3 is 5.97 Å². The number of carbonyl (C=O) groups excluding carboxylic acids is 1. The second-order valence-electron chi connectivity index (χ2n) is 8.59. The summed E-state index contributed by atoms with van der Waals surface area (Å²) in [7, 11) is 0. The number of pyridine rings is 1. The van der Waals surface area contributed by atoms with Crippen molar-refractivity contribution in [3.05, 3.63) is 80.9 Å². The lowest BCUT2D eigenvalue weighted by Crippen LogP contribution is -2.26. The van der Waals surface area contributed by atoms with Crippen molar-refractivity contribution >= 4 is 38.4 Å². The molecule has 1 aromatic carbocycles. The fourth-order valence-electron chi connectivity index (χ4n) is 4.73. The van der Waals surface area contributed by atoms with E-state index < -0.39 is 5.97 Å². The molecule has 0 aliphatic heterocycles. The van der Waals surface area contributed by atoms with E-state index in [0.717, 1.165) is 31.2 Å². The molecule has 0 saturated heterocycles. The number of furan rings is 1. The standard InChI is InChI=1S/C27H20N4O4S/c28-11-12-31-23(30-25-24(26(31)32)17-7-2-4-10-22(17)36-25)15-35-27(33)18-14-20(21-9-5-13-34-21)29-19-8-3-1-6-16(18)19/h1,3,5-6,8-9,13-14H,2,4,7,10,12,15H2. The predicted octanol–water partition coefficient (Wildman–Crippen LogP) is 5.03. The second-order valence-corrected chi connectivity index (χ2v) is 9.68. The van der Waals surface area contributed by atoms with Gasteiger partial charge in [-0.05, 0) is 55.5 Å². The number of aromatic nitrogens is 3. The smallest absolute Gasteiger partial charge is 0.339 e. The summed E-state index contributed by atoms with van der Waals surface area (Å²) in [6.07, 6.45) is 5.46. The number of nitriles is 1. The third kappa shape index (κ3) is 3.76. The first kappa shape index (κ1) is 22.2. The van der Waals surface area contributed by atoms with Gasteiger partial charge in [0.2, 0.25) is 0 Å². The van der Waals surface area contributed by atoms with Gasteiger partial charge in [-0.3, -0.25) is 9.36 Å². The molecule has 1 aliphatic carbocycles. The Morgan fingerprint density at radius 1 is 1.17 bits per heavy atom. The number of para-hydroxylation sites is 1. The topological polar surface area (TPSA) is 111 Å². The molecular formula is C27H20N4O4S. The van der Waals surface area contributed by atoms with E-state index in [-0.39, 0.29) is 24.5 Å². The Labute approximate surface area is 209 Å². The summed E-state index contributed by atoms with van der Waals surface area (Å²) in [5, 5.41) is 10.6. The summed E-state index contributed by atoms with van der Waals surface area (Å²) in [4.78, 5) is 37.7. The van der Waals surface area contributed by atoms with Crippen LogP contribution in [0.3, 0.4) is 0 Å². The van der Waals surface area contributed by atoms with Crippen LogP contribution in [0, 0.1) is 11.3 Å². The van der Waals surface area contributed by atoms with Crippen LogP contribution in [0.5, 0.6) is 0 Å². The monoisotopic (exact) mass is 496 g/mol. The molecule has 0 atom stereocenters. The van der Waals surface area contributed by atoms with Crippen LogP contribution < -0.4 is 5.56 Å². The van der Waals surface area contributed by atoms with Gasteiger partial charge < -0.3 is 9.15 Å². The van der Waals surface area contributed by atoms with Crippen LogP contribution in [-0.2, 0) is 30.7 Å². The van der Waals surface area contributed by atoms with Crippen molar-refractivity contribution < 1.29 is 13.9 Å². The van der Waals surface area contributed by atoms with Crippen molar-refractivity contribution in [2.24, 2.45) is 0 Å². The Bertz CT molecular complexity index is 1730. The van der Waals surface area contributed by atoms with Crippen LogP contribution >= 0.6 is 11.3 Å². The number of ether oxygens (including phenoxy) is 1. The van der Waals surface area contributed by atoms with Crippen molar-refractivity contribution in [3.63, 3.8) is 0 Å². The van der Waals surface area contributed by atoms with E-state index in [2.05, 4.69) is 9.97 Å². The average Bonchev–Trinajstić information content (AvgIpc) is 3.57. The Morgan fingerprint density at radius 2 is 2.03 bits per heavy atom. The van der Waals surface area contributed by atoms with Crippen molar-refractivity contribution in [3.8, 4) is 17.5 Å². The predicted molar refractivity (Wildman–Crippen MR) is 135 cm³/mol. The van der Waals surface area contributed by atoms with Crippen molar-refractivity contribution in [1.29, 1.82) is 5.26 Å². The number of hydrogen-bond acceptors (Lipinski definition) is 8. The average molecular weight is 497 g/mol. The maximum Gasteiger partial charge on any atom is 0.339 e. The molecule has 8 nitrogen and oxygen atoms in total. The van der Waals surface area contributed by atoms with Crippen LogP contribution in [0.1, 0.15) is 39.5 Å². The molecule has 6 rings (SSSR count). The fourth-order valence-corrected chi connectivity index (χ4v) is 6.00. The van der Waals surface area contributed by atoms with Gasteiger partial charge in [0, 0.05) is 10.3 Å². The number of rotatable bonds is 5. The summed E-state index contributed by atoms with van der Waals surface area (Å²) in [6, 6.07) is 14.5. The first-order valence-corrected chi connectivity index (χ1v) is 12.5. The summed E-state index contributed by atoms with van der Waals surface area (Å²) < 4.78 is 12.5. The highest BCUT2D eigenvalue weighted by molar-refractivity contribution is 7.18. The molecule has 178 valence electrons. The molecular weight excluding hydrogens is 476 g/mol. The van der Waals surface area contributed by atoms with E-state index in [1.807, 2.05) is 24.3 Å². The van der Waals surface area contributed by atoms with Crippen molar-refractivity contribution in [2.75, 3.05) is 0 Å². The largest absolute Gasteiger partial charge is 0.463 e. The third-order valence-electron chi connectivity index (χ3n) is 6.42. The fraction of sp³-hybridized carbons (Fsp3) is 0.222. The van der Waals surface area contributed by atoms with Gasteiger partial charge in [0.1, 0.15) is 23.7 Å². The lowest BCUT2D eigenvalue weighted by molar-refractivity contribution is 0.0459. The lowest BCUT2D eigenvalue weighted by atomic mass is 9.97. The molecule has 0 fully saturated rings. The molecule has 0 radical (unpaired) electrons. The molecule has 9 heteroatoms. The van der Waals surface area contributed by atoms with Gasteiger partial charge in [0.25, 0.3) is 5.56 Å². The van der Waals surface area contributed by atoms with E-state index in [9.17, 15) is 14.9 Å². The van der Waals surface area contributed by atoms with Gasteiger partial charge in [0.05, 0.1) is 28.8 Å². The van der Waals surface area contributed by atoms with Crippen LogP contribution in [0.15, 0.2) is 57.9 Å². The lowest BCUT2D eigenvalue weighted by Gasteiger charge is -2.13. The Morgan fingerprint density at radius 3 is 2.86 bits per heavy atom. The zero-order valence-corrected chi connectivity index (χ0v) is 20.0. The van der Waals surface area contributed by atoms with Gasteiger partial charge in [0.15, 0.2) is 11.6 Å². The Hall–Kier alpha value is -4.29. The van der Waals surface area contributed by atoms with E-state index in [0.29, 0.717) is 38.1 Å². The second kappa shape index (κ2) is 9.06. The number of benzene rings is 1. The number of carbonyl (C=O) groups is 1. The van der Waals surface area contributed by atoms with Crippen LogP contribution in [-0.4, -0.2) is 20.5 Å². The van der Waals surface area contributed by atoms with Gasteiger partial charge in [-0.2, -0.15) is 5.26 Å². The first-order chi connectivity index (χ1) is 17.6. The van der Waals surface area contributed by atoms with Crippen LogP contribution in [0.2, 0.25) is 0 Å².